The normalized spacial score (nSPS) is 18.4. The van der Waals surface area contributed by atoms with Crippen LogP contribution in [-0.2, 0) is 16.0 Å². The van der Waals surface area contributed by atoms with Crippen LogP contribution in [0, 0.1) is 0 Å². The third-order valence-electron chi connectivity index (χ3n) is 3.22. The van der Waals surface area contributed by atoms with Crippen molar-refractivity contribution >= 4 is 23.3 Å². The Morgan fingerprint density at radius 3 is 3.11 bits per heavy atom. The molecule has 1 N–H and O–H groups in total. The molecule has 5 nitrogen and oxygen atoms in total. The van der Waals surface area contributed by atoms with Crippen molar-refractivity contribution in [3.8, 4) is 0 Å². The predicted molar refractivity (Wildman–Crippen MR) is 73.2 cm³/mol. The van der Waals surface area contributed by atoms with E-state index in [0.717, 1.165) is 12.8 Å². The first-order valence-corrected chi connectivity index (χ1v) is 7.25. The highest BCUT2D eigenvalue weighted by atomic mass is 32.1. The number of amides is 2. The van der Waals surface area contributed by atoms with Crippen LogP contribution in [0.25, 0.3) is 0 Å². The van der Waals surface area contributed by atoms with Gasteiger partial charge in [0.1, 0.15) is 6.04 Å². The van der Waals surface area contributed by atoms with Crippen LogP contribution < -0.4 is 5.32 Å². The number of hydrogen-bond acceptors (Lipinski definition) is 4. The second-order valence-corrected chi connectivity index (χ2v) is 5.47. The lowest BCUT2D eigenvalue weighted by molar-refractivity contribution is -0.125. The van der Waals surface area contributed by atoms with Crippen LogP contribution in [-0.4, -0.2) is 43.1 Å². The van der Waals surface area contributed by atoms with Crippen molar-refractivity contribution < 1.29 is 14.3 Å². The molecule has 19 heavy (non-hydrogen) atoms. The van der Waals surface area contributed by atoms with Gasteiger partial charge < -0.3 is 10.1 Å². The highest BCUT2D eigenvalue weighted by Gasteiger charge is 2.34. The van der Waals surface area contributed by atoms with Crippen LogP contribution in [0.4, 0.5) is 4.79 Å². The molecule has 1 aliphatic rings. The quantitative estimate of drug-likeness (QED) is 0.913. The number of carbonyl (C=O) groups excluding carboxylic acids is 2. The van der Waals surface area contributed by atoms with Gasteiger partial charge in [0.15, 0.2) is 0 Å². The van der Waals surface area contributed by atoms with Crippen LogP contribution in [0.5, 0.6) is 0 Å². The highest BCUT2D eigenvalue weighted by molar-refractivity contribution is 7.09. The first kappa shape index (κ1) is 13.9. The van der Waals surface area contributed by atoms with Crippen LogP contribution in [0.15, 0.2) is 17.5 Å². The molecule has 1 unspecified atom stereocenters. The van der Waals surface area contributed by atoms with E-state index in [1.165, 1.54) is 16.9 Å². The van der Waals surface area contributed by atoms with E-state index in [-0.39, 0.29) is 11.9 Å². The van der Waals surface area contributed by atoms with Gasteiger partial charge in [0.05, 0.1) is 7.11 Å². The minimum atomic E-state index is -0.420. The Kier molecular flexibility index (Phi) is 4.79. The van der Waals surface area contributed by atoms with Crippen molar-refractivity contribution in [2.45, 2.75) is 25.3 Å². The lowest BCUT2D eigenvalue weighted by atomic mass is 10.2. The van der Waals surface area contributed by atoms with Crippen molar-refractivity contribution in [2.24, 2.45) is 0 Å². The number of ether oxygens (including phenoxy) is 1. The number of likely N-dealkylation sites (tertiary alicyclic amines) is 1. The minimum absolute atomic E-state index is 0.0838. The topological polar surface area (TPSA) is 58.6 Å². The lowest BCUT2D eigenvalue weighted by Gasteiger charge is -2.22. The first-order chi connectivity index (χ1) is 9.22. The molecule has 2 rings (SSSR count). The molecule has 1 saturated heterocycles. The summed E-state index contributed by atoms with van der Waals surface area (Å²) in [5.74, 6) is -0.0838. The molecule has 1 fully saturated rings. The van der Waals surface area contributed by atoms with Gasteiger partial charge in [-0.1, -0.05) is 6.07 Å². The summed E-state index contributed by atoms with van der Waals surface area (Å²) in [4.78, 5) is 26.3. The fourth-order valence-corrected chi connectivity index (χ4v) is 2.97. The van der Waals surface area contributed by atoms with E-state index in [0.29, 0.717) is 19.5 Å². The molecule has 0 saturated carbocycles. The predicted octanol–water partition coefficient (Wildman–Crippen LogP) is 1.64. The van der Waals surface area contributed by atoms with Gasteiger partial charge in [0, 0.05) is 18.0 Å². The summed E-state index contributed by atoms with van der Waals surface area (Å²) >= 11 is 1.68. The lowest BCUT2D eigenvalue weighted by Crippen LogP contribution is -2.46. The Morgan fingerprint density at radius 2 is 2.42 bits per heavy atom. The first-order valence-electron chi connectivity index (χ1n) is 6.37. The fraction of sp³-hybridized carbons (Fsp3) is 0.538. The summed E-state index contributed by atoms with van der Waals surface area (Å²) in [5, 5.41) is 4.91. The van der Waals surface area contributed by atoms with E-state index in [1.54, 1.807) is 11.3 Å². The molecule has 0 radical (unpaired) electrons. The zero-order valence-corrected chi connectivity index (χ0v) is 11.7. The maximum atomic E-state index is 12.0. The van der Waals surface area contributed by atoms with Crippen LogP contribution >= 0.6 is 11.3 Å². The molecule has 0 spiro atoms. The molecule has 1 atom stereocenters. The smallest absolute Gasteiger partial charge is 0.410 e. The second-order valence-electron chi connectivity index (χ2n) is 4.44. The molecule has 104 valence electrons. The summed E-state index contributed by atoms with van der Waals surface area (Å²) in [6.45, 7) is 1.19. The molecule has 0 aromatic carbocycles. The summed E-state index contributed by atoms with van der Waals surface area (Å²) in [5.41, 5.74) is 0. The molecule has 2 heterocycles. The van der Waals surface area contributed by atoms with Crippen LogP contribution in [0.1, 0.15) is 17.7 Å². The van der Waals surface area contributed by atoms with Gasteiger partial charge in [-0.25, -0.2) is 4.79 Å². The molecule has 1 aliphatic heterocycles. The largest absolute Gasteiger partial charge is 0.453 e. The van der Waals surface area contributed by atoms with Gasteiger partial charge in [-0.05, 0) is 30.7 Å². The SMILES string of the molecule is COC(=O)N1CCCC1C(=O)NCCc1cccs1. The summed E-state index contributed by atoms with van der Waals surface area (Å²) < 4.78 is 4.69. The van der Waals surface area contributed by atoms with E-state index >= 15 is 0 Å². The average Bonchev–Trinajstić information content (AvgIpc) is 3.08. The third-order valence-corrected chi connectivity index (χ3v) is 4.15. The molecule has 0 aliphatic carbocycles. The van der Waals surface area contributed by atoms with Crippen molar-refractivity contribution in [1.29, 1.82) is 0 Å². The van der Waals surface area contributed by atoms with Crippen LogP contribution in [0.3, 0.4) is 0 Å². The molecule has 1 aromatic heterocycles. The molecule has 0 bridgehead atoms. The zero-order valence-electron chi connectivity index (χ0n) is 10.9. The number of nitrogens with zero attached hydrogens (tertiary/aromatic N) is 1. The second kappa shape index (κ2) is 6.56. The Hall–Kier alpha value is -1.56. The number of nitrogens with one attached hydrogen (secondary N) is 1. The van der Waals surface area contributed by atoms with Crippen molar-refractivity contribution in [1.82, 2.24) is 10.2 Å². The van der Waals surface area contributed by atoms with Gasteiger partial charge in [-0.2, -0.15) is 0 Å². The highest BCUT2D eigenvalue weighted by Crippen LogP contribution is 2.18. The van der Waals surface area contributed by atoms with Gasteiger partial charge in [-0.3, -0.25) is 9.69 Å². The Bertz CT molecular complexity index is 433. The maximum absolute atomic E-state index is 12.0. The maximum Gasteiger partial charge on any atom is 0.410 e. The number of hydrogen-bond donors (Lipinski definition) is 1. The molecular formula is C13H18N2O3S. The third kappa shape index (κ3) is 3.47. The van der Waals surface area contributed by atoms with E-state index in [9.17, 15) is 9.59 Å². The van der Waals surface area contributed by atoms with Crippen molar-refractivity contribution in [3.63, 3.8) is 0 Å². The van der Waals surface area contributed by atoms with E-state index in [1.807, 2.05) is 17.5 Å². The summed E-state index contributed by atoms with van der Waals surface area (Å²) in [6.07, 6.45) is 1.96. The van der Waals surface area contributed by atoms with E-state index in [2.05, 4.69) is 10.1 Å². The molecule has 2 amide bonds. The molecule has 1 aromatic rings. The molecular weight excluding hydrogens is 264 g/mol. The van der Waals surface area contributed by atoms with Crippen molar-refractivity contribution in [3.05, 3.63) is 22.4 Å². The fourth-order valence-electron chi connectivity index (χ4n) is 2.26. The summed E-state index contributed by atoms with van der Waals surface area (Å²) in [7, 11) is 1.34. The Morgan fingerprint density at radius 1 is 1.58 bits per heavy atom. The zero-order chi connectivity index (χ0) is 13.7. The van der Waals surface area contributed by atoms with E-state index in [4.69, 9.17) is 0 Å². The van der Waals surface area contributed by atoms with Gasteiger partial charge in [0.2, 0.25) is 5.91 Å². The Labute approximate surface area is 116 Å². The van der Waals surface area contributed by atoms with Crippen LogP contribution in [0.2, 0.25) is 0 Å². The van der Waals surface area contributed by atoms with Gasteiger partial charge >= 0.3 is 6.09 Å². The van der Waals surface area contributed by atoms with Gasteiger partial charge in [-0.15, -0.1) is 11.3 Å². The Balaban J connectivity index is 1.80. The standard InChI is InChI=1S/C13H18N2O3S/c1-18-13(17)15-8-2-5-11(15)12(16)14-7-6-10-4-3-9-19-10/h3-4,9,11H,2,5-8H2,1H3,(H,14,16). The average molecular weight is 282 g/mol. The monoisotopic (exact) mass is 282 g/mol. The molecule has 6 heteroatoms. The number of rotatable bonds is 4. The van der Waals surface area contributed by atoms with E-state index < -0.39 is 6.09 Å². The van der Waals surface area contributed by atoms with Gasteiger partial charge in [0.25, 0.3) is 0 Å². The number of carbonyl (C=O) groups is 2. The number of methoxy groups -OCH3 is 1. The van der Waals surface area contributed by atoms with Crippen molar-refractivity contribution in [2.75, 3.05) is 20.2 Å². The summed E-state index contributed by atoms with van der Waals surface area (Å²) in [6, 6.07) is 3.67. The minimum Gasteiger partial charge on any atom is -0.453 e. The number of thiophene rings is 1.